The van der Waals surface area contributed by atoms with E-state index in [9.17, 15) is 9.59 Å². The zero-order chi connectivity index (χ0) is 30.0. The van der Waals surface area contributed by atoms with Crippen molar-refractivity contribution in [1.82, 2.24) is 9.13 Å². The van der Waals surface area contributed by atoms with Crippen LogP contribution in [-0.4, -0.2) is 28.3 Å². The maximum atomic E-state index is 12.8. The molecule has 1 aliphatic rings. The second-order valence-corrected chi connectivity index (χ2v) is 12.0. The highest BCUT2D eigenvalue weighted by molar-refractivity contribution is 6.42. The summed E-state index contributed by atoms with van der Waals surface area (Å²) in [6, 6.07) is 19.1. The standard InChI is InChI=1S/C33H37Cl2N3O4/c1-5-37-29-13-11-24(17-30(29)38(6-2)33(37)40)36-31(39)19-41-25-9-7-8-22(14-25)32-26(20(3)4)15-23(18-42-32)21-10-12-27(34)28(35)16-21/h7-14,16-17,20,23,26,32H,5-6,15,18-19H2,1-4H3,(H,36,39)/t23-,26-,32-/m0/s1. The van der Waals surface area contributed by atoms with Gasteiger partial charge in [-0.3, -0.25) is 13.9 Å². The number of carbonyl (C=O) groups is 1. The normalized spacial score (nSPS) is 18.9. The second-order valence-electron chi connectivity index (χ2n) is 11.2. The number of hydrogen-bond donors (Lipinski definition) is 1. The molecule has 7 nitrogen and oxygen atoms in total. The summed E-state index contributed by atoms with van der Waals surface area (Å²) < 4.78 is 15.8. The molecule has 1 aliphatic heterocycles. The Morgan fingerprint density at radius 1 is 0.976 bits per heavy atom. The van der Waals surface area contributed by atoms with Crippen molar-refractivity contribution in [3.8, 4) is 5.75 Å². The van der Waals surface area contributed by atoms with Gasteiger partial charge in [0.1, 0.15) is 5.75 Å². The summed E-state index contributed by atoms with van der Waals surface area (Å²) in [4.78, 5) is 25.4. The van der Waals surface area contributed by atoms with Crippen molar-refractivity contribution in [2.45, 2.75) is 59.2 Å². The van der Waals surface area contributed by atoms with Crippen molar-refractivity contribution in [2.75, 3.05) is 18.5 Å². The summed E-state index contributed by atoms with van der Waals surface area (Å²) in [6.45, 7) is 9.90. The Labute approximate surface area is 256 Å². The predicted octanol–water partition coefficient (Wildman–Crippen LogP) is 7.68. The van der Waals surface area contributed by atoms with E-state index in [0.29, 0.717) is 47.1 Å². The zero-order valence-corrected chi connectivity index (χ0v) is 25.9. The Bertz CT molecular complexity index is 1640. The number of aryl methyl sites for hydroxylation is 2. The predicted molar refractivity (Wildman–Crippen MR) is 169 cm³/mol. The van der Waals surface area contributed by atoms with Gasteiger partial charge < -0.3 is 14.8 Å². The summed E-state index contributed by atoms with van der Waals surface area (Å²) in [5, 5.41) is 4.01. The average molecular weight is 611 g/mol. The topological polar surface area (TPSA) is 74.5 Å². The summed E-state index contributed by atoms with van der Waals surface area (Å²) in [5.41, 5.74) is 4.38. The number of ether oxygens (including phenoxy) is 2. The molecule has 5 rings (SSSR count). The second kappa shape index (κ2) is 12.9. The number of hydrogen-bond acceptors (Lipinski definition) is 4. The summed E-state index contributed by atoms with van der Waals surface area (Å²) in [6.07, 6.45) is 0.880. The van der Waals surface area contributed by atoms with Crippen LogP contribution in [0.1, 0.15) is 57.3 Å². The van der Waals surface area contributed by atoms with Crippen LogP contribution in [-0.2, 0) is 22.6 Å². The molecule has 1 amide bonds. The summed E-state index contributed by atoms with van der Waals surface area (Å²) in [7, 11) is 0. The molecule has 0 aliphatic carbocycles. The number of benzene rings is 3. The lowest BCUT2D eigenvalue weighted by molar-refractivity contribution is -0.118. The molecule has 222 valence electrons. The van der Waals surface area contributed by atoms with E-state index in [1.165, 1.54) is 0 Å². The molecule has 0 saturated carbocycles. The smallest absolute Gasteiger partial charge is 0.329 e. The van der Waals surface area contributed by atoms with Crippen LogP contribution in [0, 0.1) is 11.8 Å². The van der Waals surface area contributed by atoms with Crippen LogP contribution in [0.3, 0.4) is 0 Å². The Balaban J connectivity index is 1.24. The first-order chi connectivity index (χ1) is 20.2. The van der Waals surface area contributed by atoms with Crippen LogP contribution in [0.4, 0.5) is 5.69 Å². The average Bonchev–Trinajstić information content (AvgIpc) is 3.26. The molecule has 0 unspecified atom stereocenters. The maximum absolute atomic E-state index is 12.8. The molecular formula is C33H37Cl2N3O4. The van der Waals surface area contributed by atoms with E-state index >= 15 is 0 Å². The van der Waals surface area contributed by atoms with Crippen molar-refractivity contribution >= 4 is 45.8 Å². The number of nitrogens with one attached hydrogen (secondary N) is 1. The van der Waals surface area contributed by atoms with E-state index in [4.69, 9.17) is 32.7 Å². The van der Waals surface area contributed by atoms with E-state index < -0.39 is 0 Å². The maximum Gasteiger partial charge on any atom is 0.329 e. The van der Waals surface area contributed by atoms with Gasteiger partial charge in [0.2, 0.25) is 0 Å². The highest BCUT2D eigenvalue weighted by atomic mass is 35.5. The molecule has 0 radical (unpaired) electrons. The third-order valence-corrected chi connectivity index (χ3v) is 8.92. The molecule has 1 aromatic heterocycles. The number of rotatable bonds is 9. The Kier molecular flexibility index (Phi) is 9.31. The highest BCUT2D eigenvalue weighted by Crippen LogP contribution is 2.44. The van der Waals surface area contributed by atoms with Gasteiger partial charge in [-0.15, -0.1) is 0 Å². The third-order valence-electron chi connectivity index (χ3n) is 8.19. The minimum atomic E-state index is -0.279. The van der Waals surface area contributed by atoms with Gasteiger partial charge >= 0.3 is 5.69 Å². The quantitative estimate of drug-likeness (QED) is 0.211. The van der Waals surface area contributed by atoms with E-state index in [-0.39, 0.29) is 36.1 Å². The number of carbonyl (C=O) groups excluding carboxylic acids is 1. The van der Waals surface area contributed by atoms with E-state index in [1.54, 1.807) is 9.13 Å². The molecule has 4 aromatic rings. The van der Waals surface area contributed by atoms with Crippen LogP contribution in [0.5, 0.6) is 5.75 Å². The lowest BCUT2D eigenvalue weighted by Gasteiger charge is -2.39. The van der Waals surface area contributed by atoms with Gasteiger partial charge in [-0.1, -0.05) is 55.2 Å². The van der Waals surface area contributed by atoms with Gasteiger partial charge in [-0.25, -0.2) is 4.79 Å². The first kappa shape index (κ1) is 30.2. The van der Waals surface area contributed by atoms with Crippen LogP contribution < -0.4 is 15.7 Å². The molecule has 1 N–H and O–H groups in total. The Morgan fingerprint density at radius 2 is 1.74 bits per heavy atom. The molecule has 2 heterocycles. The number of amides is 1. The van der Waals surface area contributed by atoms with Gasteiger partial charge in [-0.2, -0.15) is 0 Å². The number of aromatic nitrogens is 2. The van der Waals surface area contributed by atoms with Crippen molar-refractivity contribution in [3.05, 3.63) is 92.3 Å². The lowest BCUT2D eigenvalue weighted by Crippen LogP contribution is -2.31. The monoisotopic (exact) mass is 609 g/mol. The molecule has 9 heteroatoms. The Hall–Kier alpha value is -3.26. The molecule has 1 saturated heterocycles. The summed E-state index contributed by atoms with van der Waals surface area (Å²) in [5.74, 6) is 1.24. The lowest BCUT2D eigenvalue weighted by atomic mass is 9.76. The molecule has 0 bridgehead atoms. The van der Waals surface area contributed by atoms with Crippen LogP contribution in [0.15, 0.2) is 65.5 Å². The molecule has 3 atom stereocenters. The largest absolute Gasteiger partial charge is 0.484 e. The first-order valence-electron chi connectivity index (χ1n) is 14.5. The minimum Gasteiger partial charge on any atom is -0.484 e. The Morgan fingerprint density at radius 3 is 2.45 bits per heavy atom. The minimum absolute atomic E-state index is 0.0479. The highest BCUT2D eigenvalue weighted by Gasteiger charge is 2.35. The number of anilines is 1. The SMILES string of the molecule is CCn1c(=O)n(CC)c2cc(NC(=O)COc3cccc([C@@H]4OC[C@@H](c5ccc(Cl)c(Cl)c5)C[C@H]4C(C)C)c3)ccc21. The van der Waals surface area contributed by atoms with Gasteiger partial charge in [0.15, 0.2) is 6.61 Å². The van der Waals surface area contributed by atoms with Crippen molar-refractivity contribution in [1.29, 1.82) is 0 Å². The van der Waals surface area contributed by atoms with Crippen molar-refractivity contribution in [2.24, 2.45) is 11.8 Å². The summed E-state index contributed by atoms with van der Waals surface area (Å²) >= 11 is 12.4. The van der Waals surface area contributed by atoms with Crippen molar-refractivity contribution in [3.63, 3.8) is 0 Å². The number of halogens is 2. The van der Waals surface area contributed by atoms with Gasteiger partial charge in [0.25, 0.3) is 5.91 Å². The molecular weight excluding hydrogens is 573 g/mol. The van der Waals surface area contributed by atoms with E-state index in [0.717, 1.165) is 28.6 Å². The first-order valence-corrected chi connectivity index (χ1v) is 15.3. The van der Waals surface area contributed by atoms with Crippen LogP contribution >= 0.6 is 23.2 Å². The zero-order valence-electron chi connectivity index (χ0n) is 24.4. The number of imidazole rings is 1. The number of nitrogens with zero attached hydrogens (tertiary/aromatic N) is 2. The van der Waals surface area contributed by atoms with E-state index in [2.05, 4.69) is 25.2 Å². The third kappa shape index (κ3) is 6.24. The fourth-order valence-corrected chi connectivity index (χ4v) is 6.27. The van der Waals surface area contributed by atoms with Gasteiger partial charge in [0.05, 0.1) is 33.8 Å². The van der Waals surface area contributed by atoms with Gasteiger partial charge in [0, 0.05) is 24.7 Å². The van der Waals surface area contributed by atoms with Crippen LogP contribution in [0.2, 0.25) is 10.0 Å². The molecule has 1 fully saturated rings. The van der Waals surface area contributed by atoms with Crippen molar-refractivity contribution < 1.29 is 14.3 Å². The van der Waals surface area contributed by atoms with Gasteiger partial charge in [-0.05, 0) is 85.7 Å². The van der Waals surface area contributed by atoms with Crippen LogP contribution in [0.25, 0.3) is 11.0 Å². The molecule has 3 aromatic carbocycles. The fraction of sp³-hybridized carbons (Fsp3) is 0.394. The van der Waals surface area contributed by atoms with E-state index in [1.807, 2.05) is 68.4 Å². The number of fused-ring (bicyclic) bond motifs is 1. The molecule has 0 spiro atoms. The molecule has 42 heavy (non-hydrogen) atoms. The fourth-order valence-electron chi connectivity index (χ4n) is 5.96.